The zero-order chi connectivity index (χ0) is 15.4. The predicted octanol–water partition coefficient (Wildman–Crippen LogP) is 3.20. The molecule has 0 aliphatic heterocycles. The number of aryl methyl sites for hydroxylation is 1. The number of anilines is 1. The Kier molecular flexibility index (Phi) is 4.11. The standard InChI is InChI=1S/C16H14N4OS/c1-20-11-17-19-16(20)13-4-2-3-5-14(13)18-15(21)7-6-12-8-9-22-10-12/h2-11H,1H3,(H,18,21)/b7-6-. The lowest BCUT2D eigenvalue weighted by molar-refractivity contribution is -0.111. The molecule has 2 heterocycles. The minimum Gasteiger partial charge on any atom is -0.322 e. The van der Waals surface area contributed by atoms with Crippen LogP contribution >= 0.6 is 11.3 Å². The molecule has 1 aromatic carbocycles. The second kappa shape index (κ2) is 6.36. The second-order valence-corrected chi connectivity index (χ2v) is 5.47. The van der Waals surface area contributed by atoms with Crippen molar-refractivity contribution in [2.24, 2.45) is 7.05 Å². The molecule has 0 atom stereocenters. The Morgan fingerprint density at radius 2 is 2.18 bits per heavy atom. The maximum atomic E-state index is 12.1. The number of aromatic nitrogens is 3. The molecule has 1 amide bonds. The predicted molar refractivity (Wildman–Crippen MR) is 88.4 cm³/mol. The molecule has 0 radical (unpaired) electrons. The first-order valence-corrected chi connectivity index (χ1v) is 7.63. The number of carbonyl (C=O) groups excluding carboxylic acids is 1. The van der Waals surface area contributed by atoms with Crippen LogP contribution in [0.1, 0.15) is 5.56 Å². The van der Waals surface area contributed by atoms with Crippen LogP contribution in [-0.4, -0.2) is 20.7 Å². The normalized spacial score (nSPS) is 11.0. The molecule has 3 aromatic rings. The lowest BCUT2D eigenvalue weighted by Crippen LogP contribution is -2.09. The summed E-state index contributed by atoms with van der Waals surface area (Å²) in [4.78, 5) is 12.1. The maximum absolute atomic E-state index is 12.1. The molecule has 6 heteroatoms. The third-order valence-corrected chi connectivity index (χ3v) is 3.81. The summed E-state index contributed by atoms with van der Waals surface area (Å²) < 4.78 is 1.81. The van der Waals surface area contributed by atoms with E-state index in [2.05, 4.69) is 15.5 Å². The van der Waals surface area contributed by atoms with E-state index in [1.807, 2.05) is 52.7 Å². The van der Waals surface area contributed by atoms with Crippen LogP contribution in [0.5, 0.6) is 0 Å². The van der Waals surface area contributed by atoms with E-state index >= 15 is 0 Å². The minimum atomic E-state index is -0.180. The van der Waals surface area contributed by atoms with E-state index in [0.717, 1.165) is 11.1 Å². The maximum Gasteiger partial charge on any atom is 0.248 e. The van der Waals surface area contributed by atoms with Crippen molar-refractivity contribution in [1.82, 2.24) is 14.8 Å². The van der Waals surface area contributed by atoms with Crippen molar-refractivity contribution in [2.75, 3.05) is 5.32 Å². The molecule has 0 bridgehead atoms. The van der Waals surface area contributed by atoms with Crippen molar-refractivity contribution in [3.8, 4) is 11.4 Å². The highest BCUT2D eigenvalue weighted by Crippen LogP contribution is 2.25. The molecular formula is C16H14N4OS. The number of hydrogen-bond acceptors (Lipinski definition) is 4. The van der Waals surface area contributed by atoms with E-state index < -0.39 is 0 Å². The van der Waals surface area contributed by atoms with Crippen molar-refractivity contribution in [3.63, 3.8) is 0 Å². The fourth-order valence-electron chi connectivity index (χ4n) is 2.03. The van der Waals surface area contributed by atoms with Crippen LogP contribution < -0.4 is 5.32 Å². The summed E-state index contributed by atoms with van der Waals surface area (Å²) >= 11 is 1.60. The summed E-state index contributed by atoms with van der Waals surface area (Å²) in [6.45, 7) is 0. The molecule has 0 aliphatic rings. The van der Waals surface area contributed by atoms with Crippen LogP contribution in [0.4, 0.5) is 5.69 Å². The number of nitrogens with one attached hydrogen (secondary N) is 1. The van der Waals surface area contributed by atoms with Crippen molar-refractivity contribution in [3.05, 3.63) is 59.1 Å². The van der Waals surface area contributed by atoms with Gasteiger partial charge in [-0.05, 0) is 40.6 Å². The Balaban J connectivity index is 1.81. The third-order valence-electron chi connectivity index (χ3n) is 3.11. The van der Waals surface area contributed by atoms with E-state index in [9.17, 15) is 4.79 Å². The highest BCUT2D eigenvalue weighted by Gasteiger charge is 2.10. The molecule has 0 saturated carbocycles. The Labute approximate surface area is 131 Å². The molecule has 1 N–H and O–H groups in total. The molecule has 3 rings (SSSR count). The number of hydrogen-bond donors (Lipinski definition) is 1. The number of benzene rings is 1. The van der Waals surface area contributed by atoms with Crippen LogP contribution in [0.15, 0.2) is 53.5 Å². The van der Waals surface area contributed by atoms with E-state index in [0.29, 0.717) is 11.5 Å². The molecule has 0 spiro atoms. The van der Waals surface area contributed by atoms with Gasteiger partial charge in [-0.25, -0.2) is 0 Å². The number of rotatable bonds is 4. The van der Waals surface area contributed by atoms with Crippen LogP contribution in [0.25, 0.3) is 17.5 Å². The number of carbonyl (C=O) groups is 1. The Bertz CT molecular complexity index is 805. The summed E-state index contributed by atoms with van der Waals surface area (Å²) in [7, 11) is 1.87. The van der Waals surface area contributed by atoms with Crippen LogP contribution in [-0.2, 0) is 11.8 Å². The SMILES string of the molecule is Cn1cnnc1-c1ccccc1NC(=O)/C=C\c1ccsc1. The fraction of sp³-hybridized carbons (Fsp3) is 0.0625. The van der Waals surface area contributed by atoms with Gasteiger partial charge in [0.2, 0.25) is 5.91 Å². The van der Waals surface area contributed by atoms with Crippen LogP contribution in [0.3, 0.4) is 0 Å². The number of amides is 1. The van der Waals surface area contributed by atoms with Gasteiger partial charge < -0.3 is 9.88 Å². The molecular weight excluding hydrogens is 296 g/mol. The zero-order valence-corrected chi connectivity index (χ0v) is 12.7. The topological polar surface area (TPSA) is 59.8 Å². The van der Waals surface area contributed by atoms with Gasteiger partial charge in [0.05, 0.1) is 5.69 Å². The summed E-state index contributed by atoms with van der Waals surface area (Å²) in [5.74, 6) is 0.526. The average molecular weight is 310 g/mol. The lowest BCUT2D eigenvalue weighted by atomic mass is 10.1. The second-order valence-electron chi connectivity index (χ2n) is 4.69. The third kappa shape index (κ3) is 3.12. The largest absolute Gasteiger partial charge is 0.322 e. The van der Waals surface area contributed by atoms with E-state index in [1.165, 1.54) is 6.08 Å². The van der Waals surface area contributed by atoms with Crippen molar-refractivity contribution < 1.29 is 4.79 Å². The number of nitrogens with zero attached hydrogens (tertiary/aromatic N) is 3. The van der Waals surface area contributed by atoms with Gasteiger partial charge in [-0.1, -0.05) is 12.1 Å². The van der Waals surface area contributed by atoms with Gasteiger partial charge in [0.15, 0.2) is 5.82 Å². The molecule has 5 nitrogen and oxygen atoms in total. The molecule has 22 heavy (non-hydrogen) atoms. The van der Waals surface area contributed by atoms with Crippen molar-refractivity contribution in [2.45, 2.75) is 0 Å². The number of thiophene rings is 1. The first kappa shape index (κ1) is 14.2. The van der Waals surface area contributed by atoms with E-state index in [1.54, 1.807) is 23.7 Å². The van der Waals surface area contributed by atoms with Crippen molar-refractivity contribution in [1.29, 1.82) is 0 Å². The van der Waals surface area contributed by atoms with E-state index in [4.69, 9.17) is 0 Å². The van der Waals surface area contributed by atoms with Gasteiger partial charge in [-0.3, -0.25) is 4.79 Å². The molecule has 2 aromatic heterocycles. The van der Waals surface area contributed by atoms with E-state index in [-0.39, 0.29) is 5.91 Å². The molecule has 0 unspecified atom stereocenters. The average Bonchev–Trinajstić information content (AvgIpc) is 3.17. The Morgan fingerprint density at radius 3 is 2.91 bits per heavy atom. The fourth-order valence-corrected chi connectivity index (χ4v) is 2.66. The Hall–Kier alpha value is -2.73. The molecule has 0 aliphatic carbocycles. The van der Waals surface area contributed by atoms with Gasteiger partial charge >= 0.3 is 0 Å². The number of para-hydroxylation sites is 1. The molecule has 0 saturated heterocycles. The minimum absolute atomic E-state index is 0.180. The van der Waals surface area contributed by atoms with Crippen LogP contribution in [0.2, 0.25) is 0 Å². The zero-order valence-electron chi connectivity index (χ0n) is 11.9. The first-order chi connectivity index (χ1) is 10.7. The monoisotopic (exact) mass is 310 g/mol. The molecule has 0 fully saturated rings. The van der Waals surface area contributed by atoms with Gasteiger partial charge in [0.25, 0.3) is 0 Å². The van der Waals surface area contributed by atoms with Gasteiger partial charge in [-0.15, -0.1) is 10.2 Å². The quantitative estimate of drug-likeness (QED) is 0.753. The molecule has 110 valence electrons. The van der Waals surface area contributed by atoms with Gasteiger partial charge in [0, 0.05) is 18.7 Å². The van der Waals surface area contributed by atoms with Crippen molar-refractivity contribution >= 4 is 29.0 Å². The first-order valence-electron chi connectivity index (χ1n) is 6.69. The highest BCUT2D eigenvalue weighted by atomic mass is 32.1. The summed E-state index contributed by atoms with van der Waals surface area (Å²) in [6, 6.07) is 9.49. The summed E-state index contributed by atoms with van der Waals surface area (Å²) in [5.41, 5.74) is 2.56. The smallest absolute Gasteiger partial charge is 0.248 e. The highest BCUT2D eigenvalue weighted by molar-refractivity contribution is 7.08. The lowest BCUT2D eigenvalue weighted by Gasteiger charge is -2.08. The van der Waals surface area contributed by atoms with Gasteiger partial charge in [0.1, 0.15) is 6.33 Å². The van der Waals surface area contributed by atoms with Gasteiger partial charge in [-0.2, -0.15) is 11.3 Å². The summed E-state index contributed by atoms with van der Waals surface area (Å²) in [5, 5.41) is 14.8. The Morgan fingerprint density at radius 1 is 1.32 bits per heavy atom. The van der Waals surface area contributed by atoms with Crippen LogP contribution in [0, 0.1) is 0 Å². The summed E-state index contributed by atoms with van der Waals surface area (Å²) in [6.07, 6.45) is 4.94.